The number of carbonyl (C=O) groups excluding carboxylic acids is 1. The second-order valence-corrected chi connectivity index (χ2v) is 7.02. The van der Waals surface area contributed by atoms with Crippen LogP contribution in [0.1, 0.15) is 44.7 Å². The zero-order valence-corrected chi connectivity index (χ0v) is 14.0. The second kappa shape index (κ2) is 7.72. The molecule has 1 aromatic rings. The predicted molar refractivity (Wildman–Crippen MR) is 93.9 cm³/mol. The molecule has 1 heterocycles. The molecule has 122 valence electrons. The van der Waals surface area contributed by atoms with Crippen LogP contribution in [0.3, 0.4) is 0 Å². The molecule has 0 radical (unpaired) electrons. The van der Waals surface area contributed by atoms with Crippen molar-refractivity contribution >= 4 is 5.78 Å². The van der Waals surface area contributed by atoms with Gasteiger partial charge in [-0.3, -0.25) is 9.78 Å². The van der Waals surface area contributed by atoms with Gasteiger partial charge >= 0.3 is 0 Å². The van der Waals surface area contributed by atoms with E-state index >= 15 is 0 Å². The van der Waals surface area contributed by atoms with Gasteiger partial charge in [0.15, 0.2) is 0 Å². The molecule has 1 aromatic heterocycles. The van der Waals surface area contributed by atoms with E-state index in [1.54, 1.807) is 6.92 Å². The van der Waals surface area contributed by atoms with Crippen LogP contribution in [0.25, 0.3) is 0 Å². The standard InChI is InChI=1S/C21H27NO/c1-16(23)21-18(14-13-17-9-7-12-20(17)21)8-3-2-4-10-19-11-5-6-15-22-19/h2,4-6,11,13-15,17-18,20-21H,3,7-10,12H2,1H3/t17-,18+,20+,21+/m1/s1. The summed E-state index contributed by atoms with van der Waals surface area (Å²) in [7, 11) is 0. The molecule has 0 saturated heterocycles. The van der Waals surface area contributed by atoms with Crippen LogP contribution in [0, 0.1) is 23.7 Å². The number of hydrogen-bond acceptors (Lipinski definition) is 2. The lowest BCUT2D eigenvalue weighted by Gasteiger charge is -2.34. The number of hydrogen-bond donors (Lipinski definition) is 0. The Morgan fingerprint density at radius 1 is 1.26 bits per heavy atom. The molecular weight excluding hydrogens is 282 g/mol. The highest BCUT2D eigenvalue weighted by molar-refractivity contribution is 5.79. The first kappa shape index (κ1) is 16.2. The van der Waals surface area contributed by atoms with E-state index in [0.29, 0.717) is 23.5 Å². The smallest absolute Gasteiger partial charge is 0.133 e. The second-order valence-electron chi connectivity index (χ2n) is 7.02. The number of carbonyl (C=O) groups is 1. The molecule has 0 amide bonds. The van der Waals surface area contributed by atoms with Crippen LogP contribution in [-0.4, -0.2) is 10.8 Å². The lowest BCUT2D eigenvalue weighted by atomic mass is 9.69. The molecule has 0 aliphatic heterocycles. The molecule has 0 aromatic carbocycles. The van der Waals surface area contributed by atoms with Crippen molar-refractivity contribution in [3.63, 3.8) is 0 Å². The lowest BCUT2D eigenvalue weighted by molar-refractivity contribution is -0.124. The molecule has 2 nitrogen and oxygen atoms in total. The van der Waals surface area contributed by atoms with Crippen LogP contribution in [-0.2, 0) is 11.2 Å². The first-order valence-corrected chi connectivity index (χ1v) is 8.99. The largest absolute Gasteiger partial charge is 0.300 e. The Morgan fingerprint density at radius 3 is 2.96 bits per heavy atom. The van der Waals surface area contributed by atoms with Crippen molar-refractivity contribution in [1.82, 2.24) is 4.98 Å². The molecule has 0 spiro atoms. The zero-order valence-electron chi connectivity index (χ0n) is 14.0. The molecule has 2 aliphatic carbocycles. The van der Waals surface area contributed by atoms with E-state index in [2.05, 4.69) is 35.4 Å². The van der Waals surface area contributed by atoms with Gasteiger partial charge in [-0.15, -0.1) is 0 Å². The van der Waals surface area contributed by atoms with Crippen molar-refractivity contribution in [3.05, 3.63) is 54.4 Å². The molecule has 3 rings (SSSR count). The van der Waals surface area contributed by atoms with Crippen LogP contribution in [0.5, 0.6) is 0 Å². The van der Waals surface area contributed by atoms with Gasteiger partial charge in [-0.25, -0.2) is 0 Å². The van der Waals surface area contributed by atoms with E-state index in [1.165, 1.54) is 19.3 Å². The molecule has 0 unspecified atom stereocenters. The van der Waals surface area contributed by atoms with Crippen LogP contribution >= 0.6 is 0 Å². The Balaban J connectivity index is 1.52. The van der Waals surface area contributed by atoms with Gasteiger partial charge in [-0.1, -0.05) is 36.8 Å². The van der Waals surface area contributed by atoms with Gasteiger partial charge in [-0.2, -0.15) is 0 Å². The molecule has 1 saturated carbocycles. The third kappa shape index (κ3) is 3.99. The van der Waals surface area contributed by atoms with Gasteiger partial charge in [-0.05, 0) is 62.5 Å². The summed E-state index contributed by atoms with van der Waals surface area (Å²) in [5.41, 5.74) is 1.11. The first-order chi connectivity index (χ1) is 11.3. The molecule has 23 heavy (non-hydrogen) atoms. The van der Waals surface area contributed by atoms with Crippen LogP contribution in [0.2, 0.25) is 0 Å². The van der Waals surface area contributed by atoms with Gasteiger partial charge in [0.05, 0.1) is 0 Å². The highest BCUT2D eigenvalue weighted by Crippen LogP contribution is 2.45. The molecule has 2 aliphatic rings. The number of ketones is 1. The number of rotatable bonds is 6. The van der Waals surface area contributed by atoms with Crippen molar-refractivity contribution in [2.75, 3.05) is 0 Å². The maximum Gasteiger partial charge on any atom is 0.133 e. The maximum atomic E-state index is 12.2. The maximum absolute atomic E-state index is 12.2. The number of Topliss-reactive ketones (excluding diaryl/α,β-unsaturated/α-hetero) is 1. The summed E-state index contributed by atoms with van der Waals surface area (Å²) in [6.07, 6.45) is 17.9. The van der Waals surface area contributed by atoms with Gasteiger partial charge < -0.3 is 0 Å². The third-order valence-corrected chi connectivity index (χ3v) is 5.51. The number of nitrogens with zero attached hydrogens (tertiary/aromatic N) is 1. The van der Waals surface area contributed by atoms with Crippen LogP contribution in [0.4, 0.5) is 0 Å². The SMILES string of the molecule is CC(=O)[C@@H]1[C@H]2CCC[C@@H]2C=C[C@@H]1CCC=CCc1ccccn1. The lowest BCUT2D eigenvalue weighted by Crippen LogP contribution is -2.33. The zero-order chi connectivity index (χ0) is 16.1. The molecule has 0 bridgehead atoms. The van der Waals surface area contributed by atoms with E-state index in [4.69, 9.17) is 0 Å². The Hall–Kier alpha value is -1.70. The molecule has 2 heteroatoms. The number of allylic oxidation sites excluding steroid dienone is 4. The number of fused-ring (bicyclic) bond motifs is 1. The predicted octanol–water partition coefficient (Wildman–Crippen LogP) is 4.77. The Kier molecular flexibility index (Phi) is 5.43. The number of aromatic nitrogens is 1. The fraction of sp³-hybridized carbons (Fsp3) is 0.524. The first-order valence-electron chi connectivity index (χ1n) is 8.99. The molecule has 4 atom stereocenters. The van der Waals surface area contributed by atoms with Crippen molar-refractivity contribution in [2.24, 2.45) is 23.7 Å². The summed E-state index contributed by atoms with van der Waals surface area (Å²) in [6.45, 7) is 1.79. The topological polar surface area (TPSA) is 30.0 Å². The minimum atomic E-state index is 0.261. The van der Waals surface area contributed by atoms with Gasteiger partial charge in [0, 0.05) is 24.2 Å². The Labute approximate surface area is 139 Å². The van der Waals surface area contributed by atoms with Gasteiger partial charge in [0.2, 0.25) is 0 Å². The van der Waals surface area contributed by atoms with E-state index in [1.807, 2.05) is 18.3 Å². The minimum absolute atomic E-state index is 0.261. The highest BCUT2D eigenvalue weighted by atomic mass is 16.1. The molecule has 1 fully saturated rings. The average molecular weight is 309 g/mol. The Bertz CT molecular complexity index is 575. The summed E-state index contributed by atoms with van der Waals surface area (Å²) < 4.78 is 0. The summed E-state index contributed by atoms with van der Waals surface area (Å²) in [4.78, 5) is 16.5. The normalized spacial score (nSPS) is 29.8. The van der Waals surface area contributed by atoms with Crippen molar-refractivity contribution < 1.29 is 4.79 Å². The fourth-order valence-electron chi connectivity index (χ4n) is 4.43. The third-order valence-electron chi connectivity index (χ3n) is 5.51. The van der Waals surface area contributed by atoms with E-state index in [-0.39, 0.29) is 5.92 Å². The summed E-state index contributed by atoms with van der Waals surface area (Å²) in [5.74, 6) is 2.37. The quantitative estimate of drug-likeness (QED) is 0.709. The van der Waals surface area contributed by atoms with Crippen molar-refractivity contribution in [1.29, 1.82) is 0 Å². The van der Waals surface area contributed by atoms with Crippen molar-refractivity contribution in [2.45, 2.75) is 45.4 Å². The van der Waals surface area contributed by atoms with E-state index in [9.17, 15) is 4.79 Å². The molecular formula is C21H27NO. The van der Waals surface area contributed by atoms with Gasteiger partial charge in [0.25, 0.3) is 0 Å². The fourth-order valence-corrected chi connectivity index (χ4v) is 4.43. The molecule has 0 N–H and O–H groups in total. The van der Waals surface area contributed by atoms with Crippen LogP contribution < -0.4 is 0 Å². The minimum Gasteiger partial charge on any atom is -0.300 e. The van der Waals surface area contributed by atoms with Crippen LogP contribution in [0.15, 0.2) is 48.7 Å². The average Bonchev–Trinajstić information content (AvgIpc) is 3.03. The highest BCUT2D eigenvalue weighted by Gasteiger charge is 2.40. The van der Waals surface area contributed by atoms with E-state index < -0.39 is 0 Å². The van der Waals surface area contributed by atoms with Crippen molar-refractivity contribution in [3.8, 4) is 0 Å². The number of pyridine rings is 1. The Morgan fingerprint density at radius 2 is 2.17 bits per heavy atom. The summed E-state index contributed by atoms with van der Waals surface area (Å²) >= 11 is 0. The monoisotopic (exact) mass is 309 g/mol. The van der Waals surface area contributed by atoms with E-state index in [0.717, 1.165) is 25.0 Å². The summed E-state index contributed by atoms with van der Waals surface area (Å²) in [5, 5.41) is 0. The summed E-state index contributed by atoms with van der Waals surface area (Å²) in [6, 6.07) is 6.03. The van der Waals surface area contributed by atoms with Gasteiger partial charge in [0.1, 0.15) is 5.78 Å².